The fourth-order valence-corrected chi connectivity index (χ4v) is 2.67. The molecule has 5 heteroatoms. The van der Waals surface area contributed by atoms with Crippen molar-refractivity contribution in [1.29, 1.82) is 0 Å². The van der Waals surface area contributed by atoms with Crippen LogP contribution in [0.1, 0.15) is 35.9 Å². The molecule has 0 aromatic heterocycles. The SMILES string of the molecule is CC[N+](C)(CC)CC(OC(=O)c1ccc(Cl)cc1)c1ccccc1.[I-]. The predicted molar refractivity (Wildman–Crippen MR) is 98.2 cm³/mol. The molecule has 0 N–H and O–H groups in total. The van der Waals surface area contributed by atoms with Crippen LogP contribution in [0.15, 0.2) is 54.6 Å². The van der Waals surface area contributed by atoms with Gasteiger partial charge in [0, 0.05) is 5.02 Å². The number of nitrogens with zero attached hydrogens (tertiary/aromatic N) is 1. The summed E-state index contributed by atoms with van der Waals surface area (Å²) in [6.07, 6.45) is -0.278. The van der Waals surface area contributed by atoms with Crippen LogP contribution in [0.25, 0.3) is 0 Å². The highest BCUT2D eigenvalue weighted by Crippen LogP contribution is 2.23. The lowest BCUT2D eigenvalue weighted by molar-refractivity contribution is -0.909. The van der Waals surface area contributed by atoms with Crippen molar-refractivity contribution in [2.45, 2.75) is 20.0 Å². The Bertz CT molecular complexity index is 657. The van der Waals surface area contributed by atoms with Gasteiger partial charge in [0.05, 0.1) is 25.7 Å². The first-order valence-electron chi connectivity index (χ1n) is 8.32. The molecule has 0 bridgehead atoms. The number of benzene rings is 2. The van der Waals surface area contributed by atoms with E-state index in [1.54, 1.807) is 24.3 Å². The number of quaternary nitrogens is 1. The Morgan fingerprint density at radius 1 is 1.04 bits per heavy atom. The first-order chi connectivity index (χ1) is 11.5. The molecular weight excluding hydrogens is 449 g/mol. The Morgan fingerprint density at radius 3 is 2.12 bits per heavy atom. The van der Waals surface area contributed by atoms with Gasteiger partial charge in [0.25, 0.3) is 0 Å². The Morgan fingerprint density at radius 2 is 1.60 bits per heavy atom. The third-order valence-electron chi connectivity index (χ3n) is 4.63. The zero-order chi connectivity index (χ0) is 17.6. The van der Waals surface area contributed by atoms with Gasteiger partial charge in [-0.2, -0.15) is 0 Å². The summed E-state index contributed by atoms with van der Waals surface area (Å²) in [6, 6.07) is 16.7. The lowest BCUT2D eigenvalue weighted by Crippen LogP contribution is -3.00. The topological polar surface area (TPSA) is 26.3 Å². The van der Waals surface area contributed by atoms with E-state index in [4.69, 9.17) is 16.3 Å². The van der Waals surface area contributed by atoms with Crippen LogP contribution < -0.4 is 24.0 Å². The fourth-order valence-electron chi connectivity index (χ4n) is 2.54. The van der Waals surface area contributed by atoms with Gasteiger partial charge in [-0.1, -0.05) is 41.9 Å². The van der Waals surface area contributed by atoms with Crippen molar-refractivity contribution in [1.82, 2.24) is 0 Å². The maximum atomic E-state index is 12.5. The number of hydrogen-bond donors (Lipinski definition) is 0. The average Bonchev–Trinajstić information content (AvgIpc) is 2.62. The van der Waals surface area contributed by atoms with Gasteiger partial charge in [-0.15, -0.1) is 0 Å². The van der Waals surface area contributed by atoms with Crippen LogP contribution >= 0.6 is 11.6 Å². The van der Waals surface area contributed by atoms with Crippen LogP contribution in [0.4, 0.5) is 0 Å². The maximum Gasteiger partial charge on any atom is 0.338 e. The van der Waals surface area contributed by atoms with Gasteiger partial charge in [0.1, 0.15) is 6.54 Å². The van der Waals surface area contributed by atoms with E-state index in [-0.39, 0.29) is 36.0 Å². The molecule has 1 atom stereocenters. The van der Waals surface area contributed by atoms with Gasteiger partial charge < -0.3 is 33.2 Å². The zero-order valence-electron chi connectivity index (χ0n) is 14.9. The van der Waals surface area contributed by atoms with Gasteiger partial charge in [-0.05, 0) is 43.7 Å². The molecule has 0 saturated heterocycles. The van der Waals surface area contributed by atoms with E-state index in [2.05, 4.69) is 20.9 Å². The second-order valence-electron chi connectivity index (χ2n) is 6.25. The summed E-state index contributed by atoms with van der Waals surface area (Å²) in [7, 11) is 2.19. The van der Waals surface area contributed by atoms with Crippen molar-refractivity contribution < 1.29 is 38.0 Å². The summed E-state index contributed by atoms with van der Waals surface area (Å²) >= 11 is 5.89. The summed E-state index contributed by atoms with van der Waals surface area (Å²) in [4.78, 5) is 12.5. The minimum Gasteiger partial charge on any atom is -1.00 e. The molecule has 0 amide bonds. The molecule has 0 saturated carbocycles. The highest BCUT2D eigenvalue weighted by Gasteiger charge is 2.27. The van der Waals surface area contributed by atoms with Gasteiger partial charge >= 0.3 is 5.97 Å². The molecule has 0 aliphatic rings. The number of rotatable bonds is 7. The highest BCUT2D eigenvalue weighted by atomic mass is 127. The number of carbonyl (C=O) groups excluding carboxylic acids is 1. The van der Waals surface area contributed by atoms with E-state index in [1.807, 2.05) is 30.3 Å². The molecule has 1 unspecified atom stereocenters. The van der Waals surface area contributed by atoms with E-state index < -0.39 is 0 Å². The zero-order valence-corrected chi connectivity index (χ0v) is 17.8. The summed E-state index contributed by atoms with van der Waals surface area (Å²) in [6.45, 7) is 7.03. The molecule has 2 rings (SSSR count). The molecule has 0 radical (unpaired) electrons. The molecule has 0 fully saturated rings. The Kier molecular flexibility index (Phi) is 8.89. The molecular formula is C20H25ClINO2. The van der Waals surface area contributed by atoms with Crippen LogP contribution in [0, 0.1) is 0 Å². The van der Waals surface area contributed by atoms with Gasteiger partial charge in [0.15, 0.2) is 6.10 Å². The van der Waals surface area contributed by atoms with Crippen molar-refractivity contribution in [3.8, 4) is 0 Å². The number of hydrogen-bond acceptors (Lipinski definition) is 2. The smallest absolute Gasteiger partial charge is 0.338 e. The molecule has 2 aromatic carbocycles. The van der Waals surface area contributed by atoms with Gasteiger partial charge in [0.2, 0.25) is 0 Å². The Labute approximate surface area is 172 Å². The third-order valence-corrected chi connectivity index (χ3v) is 4.89. The van der Waals surface area contributed by atoms with Gasteiger partial charge in [-0.3, -0.25) is 0 Å². The van der Waals surface area contributed by atoms with E-state index in [9.17, 15) is 4.79 Å². The minimum absolute atomic E-state index is 0. The minimum atomic E-state index is -0.320. The van der Waals surface area contributed by atoms with Gasteiger partial charge in [-0.25, -0.2) is 4.79 Å². The van der Waals surface area contributed by atoms with Crippen molar-refractivity contribution in [2.24, 2.45) is 0 Å². The number of ether oxygens (including phenoxy) is 1. The monoisotopic (exact) mass is 473 g/mol. The maximum absolute atomic E-state index is 12.5. The fraction of sp³-hybridized carbons (Fsp3) is 0.350. The first-order valence-corrected chi connectivity index (χ1v) is 8.70. The standard InChI is InChI=1S/C20H25ClNO2.HI/c1-4-22(3,5-2)15-19(16-9-7-6-8-10-16)24-20(23)17-11-13-18(21)14-12-17;/h6-14,19H,4-5,15H2,1-3H3;1H/q+1;/p-1. The van der Waals surface area contributed by atoms with E-state index in [0.717, 1.165) is 29.7 Å². The summed E-state index contributed by atoms with van der Waals surface area (Å²) in [5, 5.41) is 0.604. The van der Waals surface area contributed by atoms with Crippen LogP contribution in [0.2, 0.25) is 5.02 Å². The summed E-state index contributed by atoms with van der Waals surface area (Å²) in [5.41, 5.74) is 1.54. The molecule has 2 aromatic rings. The largest absolute Gasteiger partial charge is 1.00 e. The van der Waals surface area contributed by atoms with Crippen molar-refractivity contribution in [2.75, 3.05) is 26.7 Å². The normalized spacial score (nSPS) is 12.2. The molecule has 136 valence electrons. The van der Waals surface area contributed by atoms with Crippen LogP contribution in [0.3, 0.4) is 0 Å². The summed E-state index contributed by atoms with van der Waals surface area (Å²) in [5.74, 6) is -0.320. The lowest BCUT2D eigenvalue weighted by atomic mass is 10.1. The molecule has 0 heterocycles. The van der Waals surface area contributed by atoms with Crippen molar-refractivity contribution in [3.63, 3.8) is 0 Å². The van der Waals surface area contributed by atoms with E-state index in [0.29, 0.717) is 10.6 Å². The second-order valence-corrected chi connectivity index (χ2v) is 6.68. The molecule has 0 spiro atoms. The number of likely N-dealkylation sites (N-methyl/N-ethyl adjacent to an activating group) is 1. The molecule has 0 aliphatic carbocycles. The van der Waals surface area contributed by atoms with Crippen molar-refractivity contribution in [3.05, 3.63) is 70.7 Å². The Balaban J connectivity index is 0.00000312. The number of carbonyl (C=O) groups is 1. The Hall–Kier alpha value is -1.11. The molecule has 0 aliphatic heterocycles. The van der Waals surface area contributed by atoms with Crippen LogP contribution in [-0.2, 0) is 4.74 Å². The number of esters is 1. The average molecular weight is 474 g/mol. The van der Waals surface area contributed by atoms with E-state index >= 15 is 0 Å². The van der Waals surface area contributed by atoms with Crippen LogP contribution in [0.5, 0.6) is 0 Å². The quantitative estimate of drug-likeness (QED) is 0.348. The summed E-state index contributed by atoms with van der Waals surface area (Å²) < 4.78 is 6.70. The highest BCUT2D eigenvalue weighted by molar-refractivity contribution is 6.30. The molecule has 3 nitrogen and oxygen atoms in total. The predicted octanol–water partition coefficient (Wildman–Crippen LogP) is 1.73. The number of halogens is 2. The molecule has 25 heavy (non-hydrogen) atoms. The van der Waals surface area contributed by atoms with Crippen LogP contribution in [-0.4, -0.2) is 37.1 Å². The lowest BCUT2D eigenvalue weighted by Gasteiger charge is -2.35. The second kappa shape index (κ2) is 10.1. The van der Waals surface area contributed by atoms with Crippen molar-refractivity contribution >= 4 is 17.6 Å². The third kappa shape index (κ3) is 6.28. The first kappa shape index (κ1) is 21.9. The van der Waals surface area contributed by atoms with E-state index in [1.165, 1.54) is 0 Å².